The number of halogens is 8. The highest BCUT2D eigenvalue weighted by atomic mass is 127. The molecule has 1 fully saturated rings. The largest absolute Gasteiger partial charge is 0.444 e. The van der Waals surface area contributed by atoms with Crippen LogP contribution in [0.4, 0.5) is 46.5 Å². The van der Waals surface area contributed by atoms with Gasteiger partial charge in [0, 0.05) is 70.7 Å². The van der Waals surface area contributed by atoms with Gasteiger partial charge in [-0.25, -0.2) is 27.0 Å². The second-order valence-corrected chi connectivity index (χ2v) is 22.0. The number of hydrogen-bond acceptors (Lipinski definition) is 11. The maximum absolute atomic E-state index is 15.8. The molecule has 0 saturated carbocycles. The Labute approximate surface area is 402 Å². The predicted octanol–water partition coefficient (Wildman–Crippen LogP) is 8.87. The summed E-state index contributed by atoms with van der Waals surface area (Å²) in [5, 5.41) is 11.5. The van der Waals surface area contributed by atoms with Gasteiger partial charge in [-0.15, -0.1) is 0 Å². The first-order valence-corrected chi connectivity index (χ1v) is 25.0. The number of amides is 2. The summed E-state index contributed by atoms with van der Waals surface area (Å²) in [7, 11) is -2.25. The van der Waals surface area contributed by atoms with Crippen LogP contribution in [-0.2, 0) is 51.7 Å². The number of piperazine rings is 1. The van der Waals surface area contributed by atoms with E-state index in [-0.39, 0.29) is 35.2 Å². The van der Waals surface area contributed by atoms with Gasteiger partial charge in [0.2, 0.25) is 15.9 Å². The van der Waals surface area contributed by atoms with Gasteiger partial charge < -0.3 is 19.9 Å². The minimum Gasteiger partial charge on any atom is -0.444 e. The van der Waals surface area contributed by atoms with Crippen molar-refractivity contribution in [1.29, 1.82) is 0 Å². The molecule has 364 valence electrons. The molecule has 6 aromatic rings. The summed E-state index contributed by atoms with van der Waals surface area (Å²) in [5.74, 6) is -8.38. The number of sulfonamides is 1. The molecule has 1 saturated heterocycles. The minimum absolute atomic E-state index is 0.00732. The van der Waals surface area contributed by atoms with Crippen molar-refractivity contribution in [2.75, 3.05) is 35.5 Å². The lowest BCUT2D eigenvalue weighted by atomic mass is 9.94. The molecule has 68 heavy (non-hydrogen) atoms. The average Bonchev–Trinajstić information content (AvgIpc) is 3.94. The van der Waals surface area contributed by atoms with Crippen molar-refractivity contribution in [3.63, 3.8) is 0 Å². The van der Waals surface area contributed by atoms with E-state index < -0.39 is 90.7 Å². The first-order valence-electron chi connectivity index (χ1n) is 21.0. The molecule has 15 nitrogen and oxygen atoms in total. The van der Waals surface area contributed by atoms with Crippen molar-refractivity contribution in [2.24, 2.45) is 13.0 Å². The molecule has 0 bridgehead atoms. The van der Waals surface area contributed by atoms with E-state index in [1.165, 1.54) is 38.6 Å². The number of aryl methyl sites for hydroxylation is 1. The number of fused-ring (bicyclic) bond motifs is 3. The van der Waals surface area contributed by atoms with Gasteiger partial charge in [-0.1, -0.05) is 53.0 Å². The molecule has 5 heterocycles. The Balaban J connectivity index is 1.27. The number of hydrogen-bond donors (Lipinski definition) is 2. The monoisotopic (exact) mass is 1100 g/mol. The molecular formula is C43H44F7IN10O5S2. The molecule has 2 N–H and O–H groups in total. The van der Waals surface area contributed by atoms with Crippen LogP contribution in [0.2, 0.25) is 0 Å². The third-order valence-corrected chi connectivity index (χ3v) is 14.9. The molecule has 8 rings (SSSR count). The van der Waals surface area contributed by atoms with E-state index in [9.17, 15) is 40.0 Å². The molecule has 25 heteroatoms. The Morgan fingerprint density at radius 1 is 1.01 bits per heavy atom. The summed E-state index contributed by atoms with van der Waals surface area (Å²) in [6.45, 7) is 8.20. The Bertz CT molecular complexity index is 3080. The van der Waals surface area contributed by atoms with Crippen LogP contribution in [0.5, 0.6) is 0 Å². The fourth-order valence-corrected chi connectivity index (χ4v) is 11.2. The smallest absolute Gasteiger partial charge is 0.435 e. The highest BCUT2D eigenvalue weighted by molar-refractivity contribution is 14.1. The van der Waals surface area contributed by atoms with Gasteiger partial charge in [0.1, 0.15) is 29.5 Å². The number of para-hydroxylation sites is 1. The number of benzene rings is 2. The molecule has 2 aliphatic rings. The maximum atomic E-state index is 15.8. The zero-order valence-corrected chi connectivity index (χ0v) is 41.1. The number of pyridine rings is 1. The second kappa shape index (κ2) is 17.6. The number of alkyl halides is 6. The number of ether oxygens (including phenoxy) is 1. The summed E-state index contributed by atoms with van der Waals surface area (Å²) >= 11 is 2.77. The number of rotatable bonds is 10. The summed E-state index contributed by atoms with van der Waals surface area (Å²) in [4.78, 5) is 40.7. The number of carbonyl (C=O) groups is 2. The van der Waals surface area contributed by atoms with Crippen molar-refractivity contribution in [1.82, 2.24) is 39.7 Å². The van der Waals surface area contributed by atoms with Gasteiger partial charge in [0.15, 0.2) is 22.3 Å². The topological polar surface area (TPSA) is 169 Å². The van der Waals surface area contributed by atoms with Crippen molar-refractivity contribution in [3.8, 4) is 11.1 Å². The van der Waals surface area contributed by atoms with Crippen molar-refractivity contribution < 1.29 is 53.5 Å². The van der Waals surface area contributed by atoms with Gasteiger partial charge in [0.05, 0.1) is 28.2 Å². The number of anilines is 2. The van der Waals surface area contributed by atoms with Crippen LogP contribution < -0.4 is 14.9 Å². The Hall–Kier alpha value is -5.31. The third-order valence-electron chi connectivity index (χ3n) is 11.5. The summed E-state index contributed by atoms with van der Waals surface area (Å²) in [5.41, 5.74) is -2.74. The lowest BCUT2D eigenvalue weighted by molar-refractivity contribution is -0.142. The van der Waals surface area contributed by atoms with Gasteiger partial charge in [0.25, 0.3) is 5.92 Å². The number of aromatic nitrogens is 6. The molecule has 2 aromatic carbocycles. The van der Waals surface area contributed by atoms with Crippen LogP contribution in [0.3, 0.4) is 0 Å². The van der Waals surface area contributed by atoms with Gasteiger partial charge in [-0.3, -0.25) is 18.9 Å². The fourth-order valence-electron chi connectivity index (χ4n) is 8.63. The van der Waals surface area contributed by atoms with Crippen LogP contribution >= 0.6 is 33.9 Å². The third kappa shape index (κ3) is 9.65. The van der Waals surface area contributed by atoms with E-state index >= 15 is 8.78 Å². The standard InChI is InChI=1S/C43H44F7IN10O5S2/c1-20-18-59(11-12-60(20)40(63)66-41(3,4)5)39-54-38-29(67-39)17-27(25-9-8-10-26-34(25)58(6)56-37(26)57-68(7,64)65)33(53-38)28(15-22-13-23(44)16-24(45)14-22)52-30(62)19-61-36-31(35(55-61)43(48,49)50)32(51)21(2)42(36,46)47/h8-10,13-14,16-17,20-21,28,32H,11-12,15,18-19H2,1-7H3,(H,52,62)(H,56,57)/t20-,21+,28-,32-/m0/s1. The highest BCUT2D eigenvalue weighted by Gasteiger charge is 2.58. The Kier molecular flexibility index (Phi) is 12.7. The SMILES string of the molecule is C[C@@H]1[C@H](I)c2c(C(F)(F)F)nn(CC(=O)N[C@@H](Cc3cc(F)cc(F)c3)c3nc4nc(N5CCN(C(=O)OC(C)(C)C)[C@@H](C)C5)sc4cc3-c3cccc4c(NS(C)(=O)=O)nn(C)c34)c2C1(F)F. The molecule has 4 atom stereocenters. The molecule has 0 unspecified atom stereocenters. The zero-order valence-electron chi connectivity index (χ0n) is 37.3. The van der Waals surface area contributed by atoms with Crippen LogP contribution in [0, 0.1) is 17.6 Å². The lowest BCUT2D eigenvalue weighted by Crippen LogP contribution is -2.55. The first kappa shape index (κ1) is 49.1. The van der Waals surface area contributed by atoms with E-state index in [1.54, 1.807) is 57.0 Å². The lowest BCUT2D eigenvalue weighted by Gasteiger charge is -2.40. The van der Waals surface area contributed by atoms with Gasteiger partial charge in [-0.2, -0.15) is 37.1 Å². The van der Waals surface area contributed by atoms with Crippen molar-refractivity contribution >= 4 is 88.2 Å². The quantitative estimate of drug-likeness (QED) is 0.0768. The fraction of sp³-hybridized carbons (Fsp3) is 0.442. The van der Waals surface area contributed by atoms with Crippen LogP contribution in [0.15, 0.2) is 42.5 Å². The van der Waals surface area contributed by atoms with Crippen molar-refractivity contribution in [3.05, 3.63) is 82.3 Å². The van der Waals surface area contributed by atoms with E-state index in [2.05, 4.69) is 20.2 Å². The first-order chi connectivity index (χ1) is 31.6. The molecule has 4 aromatic heterocycles. The summed E-state index contributed by atoms with van der Waals surface area (Å²) < 4.78 is 138. The van der Waals surface area contributed by atoms with Crippen LogP contribution in [0.1, 0.15) is 72.8 Å². The number of nitrogens with zero attached hydrogens (tertiary/aromatic N) is 8. The van der Waals surface area contributed by atoms with E-state index in [4.69, 9.17) is 14.7 Å². The van der Waals surface area contributed by atoms with E-state index in [1.807, 2.05) is 11.8 Å². The Morgan fingerprint density at radius 3 is 2.34 bits per heavy atom. The number of thiazole rings is 1. The minimum atomic E-state index is -5.13. The molecule has 0 spiro atoms. The summed E-state index contributed by atoms with van der Waals surface area (Å²) in [6, 6.07) is 7.62. The molecule has 2 amide bonds. The second-order valence-electron chi connectivity index (χ2n) is 17.9. The maximum Gasteiger partial charge on any atom is 0.435 e. The predicted molar refractivity (Wildman–Crippen MR) is 248 cm³/mol. The molecular weight excluding hydrogens is 1060 g/mol. The van der Waals surface area contributed by atoms with E-state index in [0.717, 1.165) is 25.3 Å². The zero-order chi connectivity index (χ0) is 49.6. The average molecular weight is 1100 g/mol. The number of carbonyl (C=O) groups excluding carboxylic acids is 2. The van der Waals surface area contributed by atoms with Crippen LogP contribution in [-0.4, -0.2) is 92.4 Å². The van der Waals surface area contributed by atoms with Crippen LogP contribution in [0.25, 0.3) is 32.4 Å². The van der Waals surface area contributed by atoms with Crippen molar-refractivity contribution in [2.45, 2.75) is 81.3 Å². The summed E-state index contributed by atoms with van der Waals surface area (Å²) in [6.07, 6.45) is -5.03. The Morgan fingerprint density at radius 2 is 1.71 bits per heavy atom. The normalized spacial score (nSPS) is 19.1. The molecule has 0 radical (unpaired) electrons. The van der Waals surface area contributed by atoms with Gasteiger partial charge >= 0.3 is 12.3 Å². The number of nitrogens with one attached hydrogen (secondary N) is 2. The molecule has 1 aliphatic heterocycles. The molecule has 1 aliphatic carbocycles. The highest BCUT2D eigenvalue weighted by Crippen LogP contribution is 2.58. The van der Waals surface area contributed by atoms with E-state index in [0.29, 0.717) is 62.2 Å². The van der Waals surface area contributed by atoms with Gasteiger partial charge in [-0.05, 0) is 63.9 Å².